The molecule has 1 aliphatic heterocycles. The lowest BCUT2D eigenvalue weighted by Crippen LogP contribution is -2.46. The number of amides is 1. The van der Waals surface area contributed by atoms with Crippen molar-refractivity contribution in [2.75, 3.05) is 25.4 Å². The Bertz CT molecular complexity index is 557. The Morgan fingerprint density at radius 1 is 1.45 bits per heavy atom. The van der Waals surface area contributed by atoms with E-state index in [0.29, 0.717) is 12.1 Å². The van der Waals surface area contributed by atoms with Gasteiger partial charge in [-0.15, -0.1) is 0 Å². The maximum Gasteiger partial charge on any atom is 0.255 e. The number of carbonyl (C=O) groups is 1. The van der Waals surface area contributed by atoms with Crippen molar-refractivity contribution in [3.8, 4) is 11.8 Å². The third-order valence-electron chi connectivity index (χ3n) is 3.20. The zero-order valence-electron chi connectivity index (χ0n) is 12.0. The van der Waals surface area contributed by atoms with Crippen molar-refractivity contribution < 1.29 is 4.79 Å². The largest absolute Gasteiger partial charge is 0.336 e. The molecular weight excluding hydrogens is 268 g/mol. The maximum atomic E-state index is 12.7. The van der Waals surface area contributed by atoms with Crippen molar-refractivity contribution in [3.05, 3.63) is 35.4 Å². The zero-order chi connectivity index (χ0) is 14.6. The summed E-state index contributed by atoms with van der Waals surface area (Å²) in [5, 5.41) is 0. The van der Waals surface area contributed by atoms with Gasteiger partial charge in [-0.3, -0.25) is 4.79 Å². The van der Waals surface area contributed by atoms with E-state index in [-0.39, 0.29) is 10.7 Å². The normalized spacial score (nSPS) is 17.2. The highest BCUT2D eigenvalue weighted by molar-refractivity contribution is 8.00. The smallest absolute Gasteiger partial charge is 0.255 e. The third-order valence-corrected chi connectivity index (χ3v) is 4.49. The second-order valence-corrected chi connectivity index (χ2v) is 7.19. The van der Waals surface area contributed by atoms with E-state index in [9.17, 15) is 4.79 Å². The van der Waals surface area contributed by atoms with Crippen molar-refractivity contribution in [2.45, 2.75) is 18.6 Å². The molecular formula is C16H20N2OS. The Kier molecular flexibility index (Phi) is 4.74. The molecule has 2 rings (SSSR count). The first kappa shape index (κ1) is 15.0. The molecule has 1 saturated heterocycles. The summed E-state index contributed by atoms with van der Waals surface area (Å²) in [5.74, 6) is 6.86. The predicted molar refractivity (Wildman–Crippen MR) is 84.8 cm³/mol. The Morgan fingerprint density at radius 3 is 2.90 bits per heavy atom. The summed E-state index contributed by atoms with van der Waals surface area (Å²) in [6.45, 7) is 6.23. The van der Waals surface area contributed by atoms with Crippen LogP contribution < -0.4 is 5.73 Å². The van der Waals surface area contributed by atoms with E-state index in [1.807, 2.05) is 40.9 Å². The van der Waals surface area contributed by atoms with Crippen LogP contribution in [0.15, 0.2) is 24.3 Å². The summed E-state index contributed by atoms with van der Waals surface area (Å²) >= 11 is 1.92. The van der Waals surface area contributed by atoms with Gasteiger partial charge in [0.1, 0.15) is 0 Å². The van der Waals surface area contributed by atoms with Gasteiger partial charge in [-0.2, -0.15) is 11.8 Å². The molecule has 1 heterocycles. The minimum Gasteiger partial charge on any atom is -0.336 e. The lowest BCUT2D eigenvalue weighted by atomic mass is 10.1. The van der Waals surface area contributed by atoms with Crippen LogP contribution in [0, 0.1) is 11.8 Å². The van der Waals surface area contributed by atoms with Gasteiger partial charge in [0, 0.05) is 29.2 Å². The number of benzene rings is 1. The number of nitrogens with zero attached hydrogens (tertiary/aromatic N) is 1. The number of hydrogen-bond acceptors (Lipinski definition) is 3. The Labute approximate surface area is 124 Å². The van der Waals surface area contributed by atoms with Crippen molar-refractivity contribution in [1.29, 1.82) is 0 Å². The van der Waals surface area contributed by atoms with E-state index in [1.165, 1.54) is 0 Å². The molecule has 0 saturated carbocycles. The maximum absolute atomic E-state index is 12.7. The van der Waals surface area contributed by atoms with Crippen LogP contribution in [0.25, 0.3) is 0 Å². The minimum atomic E-state index is 0.0697. The van der Waals surface area contributed by atoms with Crippen LogP contribution in [0.1, 0.15) is 29.8 Å². The molecule has 106 valence electrons. The van der Waals surface area contributed by atoms with Gasteiger partial charge in [0.25, 0.3) is 5.91 Å². The molecule has 1 fully saturated rings. The molecule has 0 radical (unpaired) electrons. The molecule has 1 aliphatic rings. The molecule has 1 aromatic rings. The third kappa shape index (κ3) is 3.56. The lowest BCUT2D eigenvalue weighted by Gasteiger charge is -2.37. The highest BCUT2D eigenvalue weighted by Gasteiger charge is 2.30. The first-order valence-corrected chi connectivity index (χ1v) is 7.73. The molecule has 3 nitrogen and oxygen atoms in total. The minimum absolute atomic E-state index is 0.0697. The second kappa shape index (κ2) is 6.34. The quantitative estimate of drug-likeness (QED) is 0.804. The fourth-order valence-corrected chi connectivity index (χ4v) is 3.40. The van der Waals surface area contributed by atoms with E-state index in [1.54, 1.807) is 0 Å². The SMILES string of the molecule is CC1(C)CN(C(=O)c2ccccc2C#CCN)CCS1. The molecule has 1 amide bonds. The van der Waals surface area contributed by atoms with Crippen molar-refractivity contribution in [2.24, 2.45) is 5.73 Å². The van der Waals surface area contributed by atoms with E-state index in [0.717, 1.165) is 24.4 Å². The van der Waals surface area contributed by atoms with Crippen LogP contribution in [0.2, 0.25) is 0 Å². The van der Waals surface area contributed by atoms with Gasteiger partial charge in [0.05, 0.1) is 12.1 Å². The topological polar surface area (TPSA) is 46.3 Å². The fourth-order valence-electron chi connectivity index (χ4n) is 2.29. The number of rotatable bonds is 1. The summed E-state index contributed by atoms with van der Waals surface area (Å²) in [6.07, 6.45) is 0. The summed E-state index contributed by atoms with van der Waals surface area (Å²) in [6, 6.07) is 7.50. The van der Waals surface area contributed by atoms with E-state index in [4.69, 9.17) is 5.73 Å². The van der Waals surface area contributed by atoms with E-state index < -0.39 is 0 Å². The van der Waals surface area contributed by atoms with Crippen LogP contribution in [0.5, 0.6) is 0 Å². The number of thioether (sulfide) groups is 1. The molecule has 0 bridgehead atoms. The second-order valence-electron chi connectivity index (χ2n) is 5.39. The summed E-state index contributed by atoms with van der Waals surface area (Å²) in [5.41, 5.74) is 6.85. The molecule has 2 N–H and O–H groups in total. The average molecular weight is 288 g/mol. The highest BCUT2D eigenvalue weighted by atomic mass is 32.2. The van der Waals surface area contributed by atoms with Crippen LogP contribution in [-0.4, -0.2) is 40.9 Å². The van der Waals surface area contributed by atoms with Crippen LogP contribution in [-0.2, 0) is 0 Å². The number of nitrogens with two attached hydrogens (primary N) is 1. The molecule has 20 heavy (non-hydrogen) atoms. The fraction of sp³-hybridized carbons (Fsp3) is 0.438. The van der Waals surface area contributed by atoms with Gasteiger partial charge < -0.3 is 10.6 Å². The van der Waals surface area contributed by atoms with Gasteiger partial charge in [0.2, 0.25) is 0 Å². The van der Waals surface area contributed by atoms with E-state index in [2.05, 4.69) is 25.7 Å². The van der Waals surface area contributed by atoms with Crippen molar-refractivity contribution >= 4 is 17.7 Å². The monoisotopic (exact) mass is 288 g/mol. The molecule has 0 unspecified atom stereocenters. The average Bonchev–Trinajstić information content (AvgIpc) is 2.43. The number of hydrogen-bond donors (Lipinski definition) is 1. The Balaban J connectivity index is 2.25. The molecule has 0 aromatic heterocycles. The standard InChI is InChI=1S/C16H20N2OS/c1-16(2)12-18(10-11-20-16)15(19)14-8-4-3-6-13(14)7-5-9-17/h3-4,6,8H,9-12,17H2,1-2H3. The van der Waals surface area contributed by atoms with Gasteiger partial charge in [0.15, 0.2) is 0 Å². The first-order chi connectivity index (χ1) is 9.53. The molecule has 0 aliphatic carbocycles. The molecule has 1 aromatic carbocycles. The van der Waals surface area contributed by atoms with Gasteiger partial charge in [-0.25, -0.2) is 0 Å². The Hall–Kier alpha value is -1.44. The predicted octanol–water partition coefficient (Wildman–Crippen LogP) is 1.96. The van der Waals surface area contributed by atoms with Crippen molar-refractivity contribution in [3.63, 3.8) is 0 Å². The Morgan fingerprint density at radius 2 is 2.20 bits per heavy atom. The molecule has 4 heteroatoms. The van der Waals surface area contributed by atoms with Crippen LogP contribution >= 0.6 is 11.8 Å². The summed E-state index contributed by atoms with van der Waals surface area (Å²) in [7, 11) is 0. The molecule has 0 atom stereocenters. The highest BCUT2D eigenvalue weighted by Crippen LogP contribution is 2.30. The van der Waals surface area contributed by atoms with Gasteiger partial charge in [-0.05, 0) is 26.0 Å². The van der Waals surface area contributed by atoms with E-state index >= 15 is 0 Å². The van der Waals surface area contributed by atoms with Crippen LogP contribution in [0.3, 0.4) is 0 Å². The van der Waals surface area contributed by atoms with Crippen molar-refractivity contribution in [1.82, 2.24) is 4.90 Å². The van der Waals surface area contributed by atoms with Gasteiger partial charge in [-0.1, -0.05) is 24.0 Å². The van der Waals surface area contributed by atoms with Crippen LogP contribution in [0.4, 0.5) is 0 Å². The first-order valence-electron chi connectivity index (χ1n) is 6.75. The number of carbonyl (C=O) groups excluding carboxylic acids is 1. The summed E-state index contributed by atoms with van der Waals surface area (Å²) < 4.78 is 0.117. The zero-order valence-corrected chi connectivity index (χ0v) is 12.8. The summed E-state index contributed by atoms with van der Waals surface area (Å²) in [4.78, 5) is 14.6. The van der Waals surface area contributed by atoms with Gasteiger partial charge >= 0.3 is 0 Å². The lowest BCUT2D eigenvalue weighted by molar-refractivity contribution is 0.0748. The molecule has 0 spiro atoms.